The molecule has 1 unspecified atom stereocenters. The summed E-state index contributed by atoms with van der Waals surface area (Å²) >= 11 is 1.85. The summed E-state index contributed by atoms with van der Waals surface area (Å²) in [5, 5.41) is 4.74. The van der Waals surface area contributed by atoms with E-state index in [1.54, 1.807) is 6.20 Å². The van der Waals surface area contributed by atoms with Crippen LogP contribution in [-0.2, 0) is 0 Å². The van der Waals surface area contributed by atoms with Crippen LogP contribution in [0.2, 0.25) is 0 Å². The van der Waals surface area contributed by atoms with E-state index in [4.69, 9.17) is 9.41 Å². The lowest BCUT2D eigenvalue weighted by Gasteiger charge is -2.35. The molecule has 1 aliphatic heterocycles. The first-order chi connectivity index (χ1) is 9.56. The molecule has 4 nitrogen and oxygen atoms in total. The Labute approximate surface area is 124 Å². The molecular weight excluding hydrogens is 270 g/mol. The minimum Gasteiger partial charge on any atom is -0.444 e. The maximum atomic E-state index is 5.55. The molecule has 1 aromatic rings. The first-order valence-electron chi connectivity index (χ1n) is 7.47. The number of hydrogen-bond donors (Lipinski definition) is 1. The lowest BCUT2D eigenvalue weighted by atomic mass is 9.78. The normalized spacial score (nSPS) is 33.5. The van der Waals surface area contributed by atoms with Gasteiger partial charge in [0, 0.05) is 11.3 Å². The zero-order valence-corrected chi connectivity index (χ0v) is 13.3. The van der Waals surface area contributed by atoms with Crippen molar-refractivity contribution in [2.24, 2.45) is 10.9 Å². The second-order valence-corrected chi connectivity index (χ2v) is 7.26. The monoisotopic (exact) mass is 293 g/mol. The second kappa shape index (κ2) is 5.43. The van der Waals surface area contributed by atoms with E-state index in [0.29, 0.717) is 11.4 Å². The van der Waals surface area contributed by atoms with Crippen LogP contribution >= 0.6 is 11.8 Å². The number of oxazole rings is 1. The molecule has 3 rings (SSSR count). The minimum atomic E-state index is -0.0173. The van der Waals surface area contributed by atoms with Gasteiger partial charge in [-0.3, -0.25) is 0 Å². The average molecular weight is 293 g/mol. The highest BCUT2D eigenvalue weighted by molar-refractivity contribution is 8.14. The van der Waals surface area contributed by atoms with E-state index in [-0.39, 0.29) is 6.04 Å². The average Bonchev–Trinajstić information content (AvgIpc) is 3.01. The van der Waals surface area contributed by atoms with Gasteiger partial charge in [0.2, 0.25) is 5.89 Å². The van der Waals surface area contributed by atoms with Gasteiger partial charge in [-0.15, -0.1) is 0 Å². The molecule has 2 fully saturated rings. The van der Waals surface area contributed by atoms with Crippen LogP contribution < -0.4 is 5.32 Å². The van der Waals surface area contributed by atoms with Crippen molar-refractivity contribution in [3.8, 4) is 0 Å². The number of aliphatic imine (C=N–C) groups is 1. The highest BCUT2D eigenvalue weighted by atomic mass is 32.2. The van der Waals surface area contributed by atoms with Crippen molar-refractivity contribution in [2.75, 3.05) is 5.75 Å². The number of rotatable bonds is 2. The van der Waals surface area contributed by atoms with Crippen molar-refractivity contribution < 1.29 is 4.42 Å². The van der Waals surface area contributed by atoms with Gasteiger partial charge in [-0.25, -0.2) is 9.98 Å². The topological polar surface area (TPSA) is 50.4 Å². The van der Waals surface area contributed by atoms with Crippen LogP contribution in [0.4, 0.5) is 0 Å². The maximum absolute atomic E-state index is 5.55. The quantitative estimate of drug-likeness (QED) is 0.903. The number of nitrogens with zero attached hydrogens (tertiary/aromatic N) is 2. The Morgan fingerprint density at radius 1 is 1.50 bits per heavy atom. The molecule has 1 atom stereocenters. The smallest absolute Gasteiger partial charge is 0.218 e. The molecule has 1 aromatic heterocycles. The Morgan fingerprint density at radius 2 is 2.25 bits per heavy atom. The van der Waals surface area contributed by atoms with Crippen molar-refractivity contribution in [1.82, 2.24) is 10.3 Å². The van der Waals surface area contributed by atoms with E-state index >= 15 is 0 Å². The number of amidine groups is 1. The third-order valence-electron chi connectivity index (χ3n) is 4.40. The number of hydrogen-bond acceptors (Lipinski definition) is 4. The summed E-state index contributed by atoms with van der Waals surface area (Å²) in [5.41, 5.74) is 0.294. The molecule has 1 aliphatic carbocycles. The van der Waals surface area contributed by atoms with E-state index in [1.807, 2.05) is 25.6 Å². The van der Waals surface area contributed by atoms with Crippen LogP contribution in [0.5, 0.6) is 0 Å². The molecule has 0 amide bonds. The van der Waals surface area contributed by atoms with Crippen LogP contribution in [0.3, 0.4) is 0 Å². The van der Waals surface area contributed by atoms with Gasteiger partial charge in [-0.1, -0.05) is 18.7 Å². The van der Waals surface area contributed by atoms with Gasteiger partial charge < -0.3 is 9.73 Å². The number of aromatic nitrogens is 1. The summed E-state index contributed by atoms with van der Waals surface area (Å²) in [6.07, 6.45) is 6.95. The molecule has 0 aromatic carbocycles. The van der Waals surface area contributed by atoms with Crippen LogP contribution in [0.1, 0.15) is 57.2 Å². The fraction of sp³-hybridized carbons (Fsp3) is 0.733. The Hall–Kier alpha value is -0.970. The van der Waals surface area contributed by atoms with Gasteiger partial charge in [0.25, 0.3) is 0 Å². The fourth-order valence-corrected chi connectivity index (χ4v) is 4.25. The lowest BCUT2D eigenvalue weighted by Crippen LogP contribution is -2.46. The Kier molecular flexibility index (Phi) is 3.80. The van der Waals surface area contributed by atoms with Gasteiger partial charge in [0.05, 0.1) is 6.20 Å². The third-order valence-corrected chi connectivity index (χ3v) is 5.57. The molecule has 1 spiro atoms. The number of nitrogens with one attached hydrogen (secondary N) is 1. The zero-order valence-electron chi connectivity index (χ0n) is 12.5. The van der Waals surface area contributed by atoms with Crippen LogP contribution in [0.15, 0.2) is 15.6 Å². The highest BCUT2D eigenvalue weighted by Gasteiger charge is 2.39. The molecule has 2 aliphatic rings. The van der Waals surface area contributed by atoms with Crippen molar-refractivity contribution in [3.05, 3.63) is 17.8 Å². The first kappa shape index (κ1) is 14.0. The second-order valence-electron chi connectivity index (χ2n) is 6.30. The Morgan fingerprint density at radius 3 is 2.90 bits per heavy atom. The molecule has 1 saturated heterocycles. The number of thioether (sulfide) groups is 1. The highest BCUT2D eigenvalue weighted by Crippen LogP contribution is 2.38. The lowest BCUT2D eigenvalue weighted by molar-refractivity contribution is 0.250. The van der Waals surface area contributed by atoms with E-state index in [1.165, 1.54) is 25.7 Å². The van der Waals surface area contributed by atoms with Crippen molar-refractivity contribution in [2.45, 2.75) is 58.0 Å². The van der Waals surface area contributed by atoms with Crippen LogP contribution in [0.25, 0.3) is 0 Å². The zero-order chi connectivity index (χ0) is 14.2. The number of aryl methyl sites for hydroxylation is 1. The molecule has 1 N–H and O–H groups in total. The molecule has 0 bridgehead atoms. The predicted octanol–water partition coefficient (Wildman–Crippen LogP) is 3.69. The maximum Gasteiger partial charge on any atom is 0.218 e. The summed E-state index contributed by atoms with van der Waals surface area (Å²) in [5.74, 6) is 3.57. The van der Waals surface area contributed by atoms with Gasteiger partial charge in [-0.2, -0.15) is 0 Å². The molecule has 5 heteroatoms. The van der Waals surface area contributed by atoms with Gasteiger partial charge >= 0.3 is 0 Å². The molecular formula is C15H23N3OS. The minimum absolute atomic E-state index is 0.0173. The molecule has 1 saturated carbocycles. The SMILES string of the molecule is Cc1cnc(C(C)N=C2NC3(CCC(C)CC3)CS2)o1. The molecule has 2 heterocycles. The summed E-state index contributed by atoms with van der Waals surface area (Å²) in [4.78, 5) is 9.00. The first-order valence-corrected chi connectivity index (χ1v) is 8.46. The van der Waals surface area contributed by atoms with E-state index < -0.39 is 0 Å². The van der Waals surface area contributed by atoms with Crippen molar-refractivity contribution in [1.29, 1.82) is 0 Å². The standard InChI is InChI=1S/C15H23N3OS/c1-10-4-6-15(7-5-10)9-20-14(18-15)17-12(3)13-16-8-11(2)19-13/h8,10,12H,4-7,9H2,1-3H3,(H,17,18). The van der Waals surface area contributed by atoms with E-state index in [2.05, 4.69) is 17.2 Å². The van der Waals surface area contributed by atoms with E-state index in [0.717, 1.165) is 22.6 Å². The van der Waals surface area contributed by atoms with Crippen LogP contribution in [-0.4, -0.2) is 21.4 Å². The molecule has 20 heavy (non-hydrogen) atoms. The molecule has 110 valence electrons. The van der Waals surface area contributed by atoms with Gasteiger partial charge in [0.15, 0.2) is 5.17 Å². The Balaban J connectivity index is 1.66. The third kappa shape index (κ3) is 2.87. The van der Waals surface area contributed by atoms with Gasteiger partial charge in [-0.05, 0) is 45.4 Å². The fourth-order valence-electron chi connectivity index (χ4n) is 2.96. The largest absolute Gasteiger partial charge is 0.444 e. The van der Waals surface area contributed by atoms with Gasteiger partial charge in [0.1, 0.15) is 11.8 Å². The summed E-state index contributed by atoms with van der Waals surface area (Å²) in [6, 6.07) is -0.0173. The molecule has 0 radical (unpaired) electrons. The summed E-state index contributed by atoms with van der Waals surface area (Å²) in [6.45, 7) is 6.31. The van der Waals surface area contributed by atoms with Crippen LogP contribution in [0, 0.1) is 12.8 Å². The van der Waals surface area contributed by atoms with Crippen molar-refractivity contribution >= 4 is 16.9 Å². The summed E-state index contributed by atoms with van der Waals surface area (Å²) < 4.78 is 5.55. The predicted molar refractivity (Wildman–Crippen MR) is 83.0 cm³/mol. The van der Waals surface area contributed by atoms with E-state index in [9.17, 15) is 0 Å². The Bertz CT molecular complexity index is 503. The van der Waals surface area contributed by atoms with Crippen molar-refractivity contribution in [3.63, 3.8) is 0 Å². The summed E-state index contributed by atoms with van der Waals surface area (Å²) in [7, 11) is 0.